The molecule has 0 aliphatic rings. The molecule has 0 aliphatic heterocycles. The highest BCUT2D eigenvalue weighted by molar-refractivity contribution is 6.22. The zero-order valence-electron chi connectivity index (χ0n) is 27.3. The normalized spacial score (nSPS) is 12.1. The standard InChI is InChI=1S/C47H38/c1-4-31(2)45-39(36-21-7-5-16-32(36)3)28-15-29-44(45)47-42-25-11-9-23-40(42)46(41-24-10-12-26-43(41)47)35-20-13-19-34(30-35)38-27-14-18-33-17-6-8-22-37(33)38/h5-31H,4H2,1-3H3. The van der Waals surface area contributed by atoms with Crippen molar-refractivity contribution >= 4 is 32.3 Å². The van der Waals surface area contributed by atoms with Crippen molar-refractivity contribution in [1.82, 2.24) is 0 Å². The van der Waals surface area contributed by atoms with Crippen LogP contribution in [0.5, 0.6) is 0 Å². The summed E-state index contributed by atoms with van der Waals surface area (Å²) in [7, 11) is 0. The lowest BCUT2D eigenvalue weighted by molar-refractivity contribution is 0.737. The van der Waals surface area contributed by atoms with Gasteiger partial charge in [0.1, 0.15) is 0 Å². The minimum Gasteiger partial charge on any atom is -0.0648 e. The molecule has 0 amide bonds. The summed E-state index contributed by atoms with van der Waals surface area (Å²) in [5.41, 5.74) is 13.1. The van der Waals surface area contributed by atoms with Gasteiger partial charge in [-0.25, -0.2) is 0 Å². The van der Waals surface area contributed by atoms with Crippen molar-refractivity contribution < 1.29 is 0 Å². The largest absolute Gasteiger partial charge is 0.0648 e. The number of hydrogen-bond acceptors (Lipinski definition) is 0. The van der Waals surface area contributed by atoms with Crippen molar-refractivity contribution in [3.05, 3.63) is 169 Å². The number of aryl methyl sites for hydroxylation is 1. The average molecular weight is 603 g/mol. The zero-order chi connectivity index (χ0) is 31.9. The lowest BCUT2D eigenvalue weighted by Crippen LogP contribution is -2.01. The maximum atomic E-state index is 2.39. The second-order valence-electron chi connectivity index (χ2n) is 12.8. The summed E-state index contributed by atoms with van der Waals surface area (Å²) in [6.45, 7) is 6.93. The summed E-state index contributed by atoms with van der Waals surface area (Å²) in [6.07, 6.45) is 1.07. The predicted molar refractivity (Wildman–Crippen MR) is 204 cm³/mol. The maximum absolute atomic E-state index is 2.39. The average Bonchev–Trinajstić information content (AvgIpc) is 3.13. The molecule has 1 atom stereocenters. The Balaban J connectivity index is 1.43. The first-order valence-corrected chi connectivity index (χ1v) is 16.9. The van der Waals surface area contributed by atoms with E-state index < -0.39 is 0 Å². The minimum absolute atomic E-state index is 0.399. The van der Waals surface area contributed by atoms with Gasteiger partial charge in [0.25, 0.3) is 0 Å². The molecule has 8 aromatic rings. The molecule has 0 aromatic heterocycles. The van der Waals surface area contributed by atoms with E-state index in [1.165, 1.54) is 88.0 Å². The molecule has 0 heterocycles. The Morgan fingerprint density at radius 2 is 0.915 bits per heavy atom. The molecule has 226 valence electrons. The van der Waals surface area contributed by atoms with Crippen molar-refractivity contribution in [1.29, 1.82) is 0 Å². The highest BCUT2D eigenvalue weighted by Crippen LogP contribution is 2.48. The fraction of sp³-hybridized carbons (Fsp3) is 0.106. The van der Waals surface area contributed by atoms with Crippen molar-refractivity contribution in [2.75, 3.05) is 0 Å². The SMILES string of the molecule is CCC(C)c1c(-c2ccccc2C)cccc1-c1c2ccccc2c(-c2cccc(-c3cccc4ccccc34)c2)c2ccccc12. The van der Waals surface area contributed by atoms with E-state index >= 15 is 0 Å². The van der Waals surface area contributed by atoms with Crippen LogP contribution in [-0.2, 0) is 0 Å². The van der Waals surface area contributed by atoms with E-state index in [-0.39, 0.29) is 0 Å². The molecule has 0 saturated heterocycles. The Kier molecular flexibility index (Phi) is 7.43. The van der Waals surface area contributed by atoms with Crippen LogP contribution >= 0.6 is 0 Å². The number of benzene rings is 8. The third-order valence-corrected chi connectivity index (χ3v) is 10.1. The van der Waals surface area contributed by atoms with Crippen molar-refractivity contribution in [2.45, 2.75) is 33.1 Å². The van der Waals surface area contributed by atoms with Crippen LogP contribution < -0.4 is 0 Å². The molecule has 0 nitrogen and oxygen atoms in total. The van der Waals surface area contributed by atoms with Gasteiger partial charge in [-0.2, -0.15) is 0 Å². The van der Waals surface area contributed by atoms with E-state index in [2.05, 4.69) is 178 Å². The van der Waals surface area contributed by atoms with Crippen molar-refractivity contribution in [2.24, 2.45) is 0 Å². The molecule has 0 saturated carbocycles. The first-order chi connectivity index (χ1) is 23.1. The van der Waals surface area contributed by atoms with Crippen LogP contribution in [0.4, 0.5) is 0 Å². The van der Waals surface area contributed by atoms with Crippen LogP contribution in [0.3, 0.4) is 0 Å². The molecule has 0 bridgehead atoms. The molecule has 8 rings (SSSR count). The van der Waals surface area contributed by atoms with Crippen molar-refractivity contribution in [3.8, 4) is 44.5 Å². The summed E-state index contributed by atoms with van der Waals surface area (Å²) in [4.78, 5) is 0. The third-order valence-electron chi connectivity index (χ3n) is 10.1. The molecule has 8 aromatic carbocycles. The Morgan fingerprint density at radius 1 is 0.426 bits per heavy atom. The van der Waals surface area contributed by atoms with Gasteiger partial charge in [0.2, 0.25) is 0 Å². The summed E-state index contributed by atoms with van der Waals surface area (Å²) in [5.74, 6) is 0.399. The van der Waals surface area contributed by atoms with Crippen LogP contribution in [0, 0.1) is 6.92 Å². The lowest BCUT2D eigenvalue weighted by Gasteiger charge is -2.24. The summed E-state index contributed by atoms with van der Waals surface area (Å²) < 4.78 is 0. The molecule has 1 unspecified atom stereocenters. The van der Waals surface area contributed by atoms with Gasteiger partial charge in [-0.1, -0.05) is 166 Å². The topological polar surface area (TPSA) is 0 Å². The van der Waals surface area contributed by atoms with E-state index in [0.717, 1.165) is 6.42 Å². The van der Waals surface area contributed by atoms with Gasteiger partial charge in [0, 0.05) is 0 Å². The quantitative estimate of drug-likeness (QED) is 0.166. The van der Waals surface area contributed by atoms with E-state index in [4.69, 9.17) is 0 Å². The van der Waals surface area contributed by atoms with Crippen LogP contribution in [0.2, 0.25) is 0 Å². The van der Waals surface area contributed by atoms with Gasteiger partial charge in [-0.05, 0) is 113 Å². The fourth-order valence-electron chi connectivity index (χ4n) is 7.68. The molecule has 0 fully saturated rings. The van der Waals surface area contributed by atoms with Crippen LogP contribution in [-0.4, -0.2) is 0 Å². The molecule has 0 radical (unpaired) electrons. The van der Waals surface area contributed by atoms with Gasteiger partial charge < -0.3 is 0 Å². The predicted octanol–water partition coefficient (Wildman–Crippen LogP) is 13.6. The van der Waals surface area contributed by atoms with Gasteiger partial charge in [0.15, 0.2) is 0 Å². The first-order valence-electron chi connectivity index (χ1n) is 16.9. The second-order valence-corrected chi connectivity index (χ2v) is 12.8. The number of hydrogen-bond donors (Lipinski definition) is 0. The molecule has 0 N–H and O–H groups in total. The smallest absolute Gasteiger partial charge is 0.00233 e. The molecular formula is C47H38. The van der Waals surface area contributed by atoms with E-state index in [1.54, 1.807) is 0 Å². The Labute approximate surface area is 278 Å². The highest BCUT2D eigenvalue weighted by Gasteiger charge is 2.22. The van der Waals surface area contributed by atoms with E-state index in [1.807, 2.05) is 0 Å². The molecule has 0 spiro atoms. The maximum Gasteiger partial charge on any atom is -0.00233 e. The molecule has 0 heteroatoms. The van der Waals surface area contributed by atoms with Gasteiger partial charge in [-0.3, -0.25) is 0 Å². The zero-order valence-corrected chi connectivity index (χ0v) is 27.3. The van der Waals surface area contributed by atoms with Gasteiger partial charge in [0.05, 0.1) is 0 Å². The van der Waals surface area contributed by atoms with Crippen LogP contribution in [0.25, 0.3) is 76.8 Å². The lowest BCUT2D eigenvalue weighted by atomic mass is 9.79. The fourth-order valence-corrected chi connectivity index (χ4v) is 7.68. The molecular weight excluding hydrogens is 565 g/mol. The minimum atomic E-state index is 0.399. The Hall–Kier alpha value is -5.46. The van der Waals surface area contributed by atoms with E-state index in [9.17, 15) is 0 Å². The summed E-state index contributed by atoms with van der Waals surface area (Å²) >= 11 is 0. The van der Waals surface area contributed by atoms with Gasteiger partial charge in [-0.15, -0.1) is 0 Å². The third kappa shape index (κ3) is 4.93. The number of rotatable bonds is 6. The molecule has 47 heavy (non-hydrogen) atoms. The summed E-state index contributed by atoms with van der Waals surface area (Å²) in [5, 5.41) is 7.70. The summed E-state index contributed by atoms with van der Waals surface area (Å²) in [6, 6.07) is 58.3. The van der Waals surface area contributed by atoms with Crippen molar-refractivity contribution in [3.63, 3.8) is 0 Å². The van der Waals surface area contributed by atoms with Crippen LogP contribution in [0.15, 0.2) is 158 Å². The molecule has 0 aliphatic carbocycles. The highest BCUT2D eigenvalue weighted by atomic mass is 14.3. The first kappa shape index (κ1) is 29.0. The number of fused-ring (bicyclic) bond motifs is 3. The van der Waals surface area contributed by atoms with Gasteiger partial charge >= 0.3 is 0 Å². The Morgan fingerprint density at radius 3 is 1.62 bits per heavy atom. The van der Waals surface area contributed by atoms with Crippen LogP contribution in [0.1, 0.15) is 37.3 Å². The second kappa shape index (κ2) is 12.0. The Bertz CT molecular complexity index is 2360. The monoisotopic (exact) mass is 602 g/mol. The van der Waals surface area contributed by atoms with E-state index in [0.29, 0.717) is 5.92 Å².